The highest BCUT2D eigenvalue weighted by atomic mass is 32.1. The third kappa shape index (κ3) is 1.93. The van der Waals surface area contributed by atoms with Crippen LogP contribution >= 0.6 is 12.2 Å². The molecular formula is C13H8N4S. The quantitative estimate of drug-likeness (QED) is 0.562. The van der Waals surface area contributed by atoms with Crippen molar-refractivity contribution in [3.63, 3.8) is 0 Å². The number of aromatic nitrogens is 3. The summed E-state index contributed by atoms with van der Waals surface area (Å²) in [5.41, 5.74) is 3.52. The van der Waals surface area contributed by atoms with Gasteiger partial charge in [-0.25, -0.2) is 4.98 Å². The number of thiocarbonyl (C=S) groups is 1. The molecule has 3 rings (SSSR count). The Balaban J connectivity index is 2.14. The zero-order valence-electron chi connectivity index (χ0n) is 9.29. The highest BCUT2D eigenvalue weighted by molar-refractivity contribution is 7.78. The number of nitrogens with one attached hydrogen (secondary N) is 1. The first-order valence-electron chi connectivity index (χ1n) is 5.35. The molecule has 0 unspecified atom stereocenters. The Kier molecular flexibility index (Phi) is 2.68. The lowest BCUT2D eigenvalue weighted by molar-refractivity contribution is 1.27. The van der Waals surface area contributed by atoms with Gasteiger partial charge < -0.3 is 4.98 Å². The second-order valence-corrected chi connectivity index (χ2v) is 3.91. The number of rotatable bonds is 2. The lowest BCUT2D eigenvalue weighted by Gasteiger charge is -1.92. The maximum Gasteiger partial charge on any atom is 0.140 e. The Labute approximate surface area is 108 Å². The van der Waals surface area contributed by atoms with Crippen LogP contribution in [0, 0.1) is 0 Å². The van der Waals surface area contributed by atoms with E-state index in [9.17, 15) is 0 Å². The zero-order valence-corrected chi connectivity index (χ0v) is 10.1. The molecule has 0 atom stereocenters. The summed E-state index contributed by atoms with van der Waals surface area (Å²) >= 11 is 4.59. The maximum atomic E-state index is 4.59. The molecule has 0 aliphatic rings. The van der Waals surface area contributed by atoms with Crippen molar-refractivity contribution in [3.05, 3.63) is 42.7 Å². The Morgan fingerprint density at radius 3 is 3.00 bits per heavy atom. The number of benzene rings is 1. The summed E-state index contributed by atoms with van der Waals surface area (Å²) < 4.78 is 0. The third-order valence-corrected chi connectivity index (χ3v) is 2.67. The number of hydrogen-bond acceptors (Lipinski definition) is 4. The summed E-state index contributed by atoms with van der Waals surface area (Å²) in [5, 5.41) is 2.35. The molecule has 2 aromatic heterocycles. The fourth-order valence-corrected chi connectivity index (χ4v) is 1.86. The van der Waals surface area contributed by atoms with E-state index in [4.69, 9.17) is 0 Å². The lowest BCUT2D eigenvalue weighted by Crippen LogP contribution is -1.80. The molecule has 0 saturated carbocycles. The SMILES string of the molecule is S=C=Nc1ccc2nc(-c3cccnc3)[nH]c2c1. The second kappa shape index (κ2) is 4.49. The van der Waals surface area contributed by atoms with Gasteiger partial charge in [0.1, 0.15) is 5.82 Å². The van der Waals surface area contributed by atoms with Gasteiger partial charge >= 0.3 is 0 Å². The molecule has 0 amide bonds. The highest BCUT2D eigenvalue weighted by Gasteiger charge is 2.05. The molecule has 1 N–H and O–H groups in total. The van der Waals surface area contributed by atoms with Gasteiger partial charge in [-0.05, 0) is 42.5 Å². The van der Waals surface area contributed by atoms with Gasteiger partial charge in [0.15, 0.2) is 0 Å². The molecule has 2 heterocycles. The van der Waals surface area contributed by atoms with E-state index in [1.807, 2.05) is 30.3 Å². The predicted octanol–water partition coefficient (Wildman–Crippen LogP) is 3.36. The van der Waals surface area contributed by atoms with E-state index in [0.29, 0.717) is 0 Å². The van der Waals surface area contributed by atoms with Gasteiger partial charge in [0.05, 0.1) is 21.9 Å². The van der Waals surface area contributed by atoms with Crippen molar-refractivity contribution in [1.29, 1.82) is 0 Å². The number of pyridine rings is 1. The number of aliphatic imine (C=N–C) groups is 1. The van der Waals surface area contributed by atoms with E-state index in [2.05, 4.69) is 37.3 Å². The molecule has 4 nitrogen and oxygen atoms in total. The van der Waals surface area contributed by atoms with Crippen LogP contribution in [0.4, 0.5) is 5.69 Å². The van der Waals surface area contributed by atoms with E-state index in [1.54, 1.807) is 12.4 Å². The van der Waals surface area contributed by atoms with Crippen LogP contribution in [0.1, 0.15) is 0 Å². The molecule has 0 saturated heterocycles. The van der Waals surface area contributed by atoms with Gasteiger partial charge in [0, 0.05) is 18.0 Å². The zero-order chi connectivity index (χ0) is 12.4. The van der Waals surface area contributed by atoms with Crippen LogP contribution in [-0.4, -0.2) is 20.1 Å². The van der Waals surface area contributed by atoms with E-state index >= 15 is 0 Å². The van der Waals surface area contributed by atoms with Gasteiger partial charge in [-0.2, -0.15) is 4.99 Å². The average Bonchev–Trinajstić information content (AvgIpc) is 2.83. The Morgan fingerprint density at radius 2 is 2.22 bits per heavy atom. The average molecular weight is 252 g/mol. The van der Waals surface area contributed by atoms with Crippen molar-refractivity contribution in [2.24, 2.45) is 4.99 Å². The number of imidazole rings is 1. The summed E-state index contributed by atoms with van der Waals surface area (Å²) in [6, 6.07) is 9.49. The van der Waals surface area contributed by atoms with Crippen molar-refractivity contribution in [2.45, 2.75) is 0 Å². The minimum absolute atomic E-state index is 0.763. The van der Waals surface area contributed by atoms with Gasteiger partial charge in [0.2, 0.25) is 0 Å². The molecule has 0 radical (unpaired) electrons. The van der Waals surface area contributed by atoms with Crippen molar-refractivity contribution < 1.29 is 0 Å². The largest absolute Gasteiger partial charge is 0.338 e. The molecule has 18 heavy (non-hydrogen) atoms. The van der Waals surface area contributed by atoms with Crippen molar-refractivity contribution in [2.75, 3.05) is 0 Å². The Morgan fingerprint density at radius 1 is 1.28 bits per heavy atom. The van der Waals surface area contributed by atoms with Crippen molar-refractivity contribution >= 4 is 34.1 Å². The number of nitrogens with zero attached hydrogens (tertiary/aromatic N) is 3. The molecule has 86 valence electrons. The molecular weight excluding hydrogens is 244 g/mol. The van der Waals surface area contributed by atoms with Gasteiger partial charge in [-0.1, -0.05) is 0 Å². The van der Waals surface area contributed by atoms with Crippen LogP contribution < -0.4 is 0 Å². The van der Waals surface area contributed by atoms with Crippen LogP contribution in [0.25, 0.3) is 22.4 Å². The molecule has 0 spiro atoms. The summed E-state index contributed by atoms with van der Waals surface area (Å²) in [5.74, 6) is 0.793. The number of aromatic amines is 1. The minimum Gasteiger partial charge on any atom is -0.338 e. The Hall–Kier alpha value is -2.36. The van der Waals surface area contributed by atoms with Crippen LogP contribution in [0.3, 0.4) is 0 Å². The van der Waals surface area contributed by atoms with E-state index in [0.717, 1.165) is 28.1 Å². The summed E-state index contributed by atoms with van der Waals surface area (Å²) in [6.45, 7) is 0. The number of hydrogen-bond donors (Lipinski definition) is 1. The van der Waals surface area contributed by atoms with Crippen molar-refractivity contribution in [1.82, 2.24) is 15.0 Å². The Bertz CT molecular complexity index is 742. The third-order valence-electron chi connectivity index (χ3n) is 2.58. The van der Waals surface area contributed by atoms with E-state index in [1.165, 1.54) is 0 Å². The predicted molar refractivity (Wildman–Crippen MR) is 74.0 cm³/mol. The molecule has 0 bridgehead atoms. The molecule has 0 fully saturated rings. The highest BCUT2D eigenvalue weighted by Crippen LogP contribution is 2.23. The van der Waals surface area contributed by atoms with Crippen LogP contribution in [0.15, 0.2) is 47.7 Å². The van der Waals surface area contributed by atoms with Crippen molar-refractivity contribution in [3.8, 4) is 11.4 Å². The number of fused-ring (bicyclic) bond motifs is 1. The smallest absolute Gasteiger partial charge is 0.140 e. The fourth-order valence-electron chi connectivity index (χ4n) is 1.76. The first kappa shape index (κ1) is 10.8. The monoisotopic (exact) mass is 252 g/mol. The molecule has 1 aromatic carbocycles. The second-order valence-electron chi connectivity index (χ2n) is 3.73. The minimum atomic E-state index is 0.763. The fraction of sp³-hybridized carbons (Fsp3) is 0. The van der Waals surface area contributed by atoms with Gasteiger partial charge in [0.25, 0.3) is 0 Å². The van der Waals surface area contributed by atoms with Gasteiger partial charge in [-0.3, -0.25) is 4.98 Å². The van der Waals surface area contributed by atoms with E-state index < -0.39 is 0 Å². The van der Waals surface area contributed by atoms with Gasteiger partial charge in [-0.15, -0.1) is 0 Å². The van der Waals surface area contributed by atoms with Crippen LogP contribution in [0.5, 0.6) is 0 Å². The standard InChI is InChI=1S/C13H8N4S/c18-8-15-10-3-4-11-12(6-10)17-13(16-11)9-2-1-5-14-7-9/h1-7H,(H,16,17). The normalized spacial score (nSPS) is 10.2. The van der Waals surface area contributed by atoms with E-state index in [-0.39, 0.29) is 0 Å². The summed E-state index contributed by atoms with van der Waals surface area (Å²) in [4.78, 5) is 15.8. The summed E-state index contributed by atoms with van der Waals surface area (Å²) in [6.07, 6.45) is 3.51. The number of isothiocyanates is 1. The summed E-state index contributed by atoms with van der Waals surface area (Å²) in [7, 11) is 0. The molecule has 5 heteroatoms. The molecule has 0 aliphatic heterocycles. The van der Waals surface area contributed by atoms with Crippen LogP contribution in [-0.2, 0) is 0 Å². The van der Waals surface area contributed by atoms with Crippen LogP contribution in [0.2, 0.25) is 0 Å². The molecule has 0 aliphatic carbocycles. The lowest BCUT2D eigenvalue weighted by atomic mass is 10.3. The topological polar surface area (TPSA) is 53.9 Å². The first-order valence-corrected chi connectivity index (χ1v) is 5.76. The molecule has 3 aromatic rings. The maximum absolute atomic E-state index is 4.59. The first-order chi connectivity index (χ1) is 8.86. The number of H-pyrrole nitrogens is 1.